The van der Waals surface area contributed by atoms with Crippen molar-refractivity contribution in [2.75, 3.05) is 18.9 Å². The highest BCUT2D eigenvalue weighted by atomic mass is 19.2. The predicted octanol–water partition coefficient (Wildman–Crippen LogP) is 1.43. The van der Waals surface area contributed by atoms with Gasteiger partial charge in [-0.2, -0.15) is 0 Å². The first-order chi connectivity index (χ1) is 13.5. The van der Waals surface area contributed by atoms with Crippen molar-refractivity contribution in [2.45, 2.75) is 18.9 Å². The minimum atomic E-state index is -1.10. The Kier molecular flexibility index (Phi) is 4.74. The lowest BCUT2D eigenvalue weighted by molar-refractivity contribution is 0.0850. The lowest BCUT2D eigenvalue weighted by atomic mass is 10.2. The van der Waals surface area contributed by atoms with Crippen molar-refractivity contribution >= 4 is 11.9 Å². The lowest BCUT2D eigenvalue weighted by Gasteiger charge is -2.09. The van der Waals surface area contributed by atoms with Crippen molar-refractivity contribution in [3.8, 4) is 17.2 Å². The van der Waals surface area contributed by atoms with E-state index in [0.717, 1.165) is 23.5 Å². The minimum absolute atomic E-state index is 0.00256. The molecule has 0 radical (unpaired) electrons. The highest BCUT2D eigenvalue weighted by molar-refractivity contribution is 5.91. The van der Waals surface area contributed by atoms with E-state index in [1.807, 2.05) is 0 Å². The summed E-state index contributed by atoms with van der Waals surface area (Å²) in [6.07, 6.45) is 3.28. The maximum Gasteiger partial charge on any atom is 0.287 e. The molecule has 3 aromatic rings. The van der Waals surface area contributed by atoms with Gasteiger partial charge in [-0.25, -0.2) is 13.8 Å². The molecule has 1 aliphatic rings. The third-order valence-electron chi connectivity index (χ3n) is 4.40. The molecule has 2 aromatic heterocycles. The van der Waals surface area contributed by atoms with Gasteiger partial charge in [0.25, 0.3) is 5.91 Å². The number of imidazole rings is 1. The van der Waals surface area contributed by atoms with Gasteiger partial charge in [-0.1, -0.05) is 6.07 Å². The molecule has 0 spiro atoms. The number of ether oxygens (including phenoxy) is 1. The van der Waals surface area contributed by atoms with Crippen molar-refractivity contribution in [1.29, 1.82) is 0 Å². The first kappa shape index (κ1) is 18.0. The molecule has 9 nitrogen and oxygen atoms in total. The van der Waals surface area contributed by atoms with Crippen molar-refractivity contribution < 1.29 is 18.3 Å². The fourth-order valence-electron chi connectivity index (χ4n) is 3.01. The van der Waals surface area contributed by atoms with E-state index >= 15 is 0 Å². The number of nitrogens with one attached hydrogen (secondary N) is 2. The van der Waals surface area contributed by atoms with Gasteiger partial charge in [0.15, 0.2) is 23.3 Å². The Morgan fingerprint density at radius 3 is 3.04 bits per heavy atom. The molecular weight excluding hydrogens is 372 g/mol. The highest BCUT2D eigenvalue weighted by Crippen LogP contribution is 2.25. The van der Waals surface area contributed by atoms with E-state index in [4.69, 9.17) is 10.5 Å². The highest BCUT2D eigenvalue weighted by Gasteiger charge is 2.22. The van der Waals surface area contributed by atoms with E-state index in [1.165, 1.54) is 18.3 Å². The van der Waals surface area contributed by atoms with Crippen LogP contribution < -0.4 is 11.1 Å². The number of rotatable bonds is 5. The monoisotopic (exact) mass is 389 g/mol. The summed E-state index contributed by atoms with van der Waals surface area (Å²) >= 11 is 0. The quantitative estimate of drug-likeness (QED) is 0.606. The molecular formula is C17H17F2N7O2. The number of aromatic nitrogens is 5. The first-order valence-corrected chi connectivity index (χ1v) is 8.65. The Morgan fingerprint density at radius 2 is 2.25 bits per heavy atom. The lowest BCUT2D eigenvalue weighted by Crippen LogP contribution is -2.32. The number of anilines is 1. The van der Waals surface area contributed by atoms with Crippen molar-refractivity contribution in [3.05, 3.63) is 41.9 Å². The van der Waals surface area contributed by atoms with Crippen LogP contribution in [-0.4, -0.2) is 49.9 Å². The summed E-state index contributed by atoms with van der Waals surface area (Å²) in [5, 5.41) is 10.3. The Bertz CT molecular complexity index is 1010. The molecule has 1 fully saturated rings. The molecule has 1 saturated heterocycles. The summed E-state index contributed by atoms with van der Waals surface area (Å²) in [6.45, 7) is 1.08. The summed E-state index contributed by atoms with van der Waals surface area (Å²) in [5.41, 5.74) is 5.82. The van der Waals surface area contributed by atoms with Gasteiger partial charge in [0.05, 0.1) is 11.8 Å². The maximum absolute atomic E-state index is 14.2. The average Bonchev–Trinajstić information content (AvgIpc) is 3.43. The summed E-state index contributed by atoms with van der Waals surface area (Å²) in [7, 11) is 0. The molecule has 146 valence electrons. The second kappa shape index (κ2) is 7.35. The molecule has 0 saturated carbocycles. The summed E-state index contributed by atoms with van der Waals surface area (Å²) in [6, 6.07) is 3.67. The van der Waals surface area contributed by atoms with Crippen molar-refractivity contribution in [2.24, 2.45) is 0 Å². The SMILES string of the molecule is Nc1nnc(-c2c[nH]c(C(=O)NC[C@@H]3CCCO3)n2)n1-c1cccc(F)c1F. The van der Waals surface area contributed by atoms with Gasteiger partial charge in [0.2, 0.25) is 5.95 Å². The first-order valence-electron chi connectivity index (χ1n) is 8.65. The maximum atomic E-state index is 14.2. The second-order valence-electron chi connectivity index (χ2n) is 6.27. The molecule has 1 aliphatic heterocycles. The predicted molar refractivity (Wildman–Crippen MR) is 94.6 cm³/mol. The molecule has 0 unspecified atom stereocenters. The van der Waals surface area contributed by atoms with Gasteiger partial charge >= 0.3 is 0 Å². The fourth-order valence-corrected chi connectivity index (χ4v) is 3.01. The molecule has 0 aliphatic carbocycles. The van der Waals surface area contributed by atoms with E-state index in [9.17, 15) is 13.6 Å². The number of benzene rings is 1. The zero-order chi connectivity index (χ0) is 19.7. The van der Waals surface area contributed by atoms with Crippen LogP contribution in [-0.2, 0) is 4.74 Å². The Hall–Kier alpha value is -3.34. The Morgan fingerprint density at radius 1 is 1.39 bits per heavy atom. The molecule has 4 N–H and O–H groups in total. The Balaban J connectivity index is 1.59. The molecule has 1 atom stereocenters. The second-order valence-corrected chi connectivity index (χ2v) is 6.27. The number of hydrogen-bond donors (Lipinski definition) is 3. The number of nitrogens with two attached hydrogens (primary N) is 1. The minimum Gasteiger partial charge on any atom is -0.376 e. The van der Waals surface area contributed by atoms with E-state index in [2.05, 4.69) is 25.5 Å². The third-order valence-corrected chi connectivity index (χ3v) is 4.40. The van der Waals surface area contributed by atoms with Crippen molar-refractivity contribution in [3.63, 3.8) is 0 Å². The molecule has 11 heteroatoms. The van der Waals surface area contributed by atoms with Gasteiger partial charge in [0.1, 0.15) is 5.69 Å². The molecule has 28 heavy (non-hydrogen) atoms. The van der Waals surface area contributed by atoms with E-state index < -0.39 is 17.5 Å². The van der Waals surface area contributed by atoms with Crippen LogP contribution in [0.4, 0.5) is 14.7 Å². The standard InChI is InChI=1S/C17H17F2N7O2/c18-10-4-1-5-12(13(10)19)26-15(24-25-17(26)20)11-8-21-14(23-11)16(27)22-7-9-3-2-6-28-9/h1,4-5,8-9H,2-3,6-7H2,(H2,20,25)(H,21,23)(H,22,27)/t9-/m0/s1. The molecule has 4 rings (SSSR count). The van der Waals surface area contributed by atoms with Crippen molar-refractivity contribution in [1.82, 2.24) is 30.0 Å². The van der Waals surface area contributed by atoms with E-state index in [-0.39, 0.29) is 35.1 Å². The number of aromatic amines is 1. The number of nitrogens with zero attached hydrogens (tertiary/aromatic N) is 4. The van der Waals surface area contributed by atoms with Gasteiger partial charge < -0.3 is 20.8 Å². The molecule has 3 heterocycles. The smallest absolute Gasteiger partial charge is 0.287 e. The molecule has 1 aromatic carbocycles. The number of nitrogen functional groups attached to an aromatic ring is 1. The largest absolute Gasteiger partial charge is 0.376 e. The fraction of sp³-hybridized carbons (Fsp3) is 0.294. The zero-order valence-electron chi connectivity index (χ0n) is 14.7. The number of carbonyl (C=O) groups excluding carboxylic acids is 1. The average molecular weight is 389 g/mol. The zero-order valence-corrected chi connectivity index (χ0v) is 14.7. The van der Waals surface area contributed by atoms with E-state index in [1.54, 1.807) is 0 Å². The molecule has 0 bridgehead atoms. The molecule has 1 amide bonds. The third kappa shape index (κ3) is 3.31. The van der Waals surface area contributed by atoms with Crippen LogP contribution in [0.5, 0.6) is 0 Å². The van der Waals surface area contributed by atoms with Crippen LogP contribution in [0.2, 0.25) is 0 Å². The summed E-state index contributed by atoms with van der Waals surface area (Å²) in [5.74, 6) is -2.59. The Labute approximate surface area is 157 Å². The van der Waals surface area contributed by atoms with Crippen LogP contribution in [0.3, 0.4) is 0 Å². The van der Waals surface area contributed by atoms with Gasteiger partial charge in [-0.15, -0.1) is 10.2 Å². The number of carbonyl (C=O) groups is 1. The van der Waals surface area contributed by atoms with Gasteiger partial charge in [-0.3, -0.25) is 9.36 Å². The van der Waals surface area contributed by atoms with Crippen LogP contribution >= 0.6 is 0 Å². The normalized spacial score (nSPS) is 16.4. The van der Waals surface area contributed by atoms with Gasteiger partial charge in [-0.05, 0) is 25.0 Å². The summed E-state index contributed by atoms with van der Waals surface area (Å²) < 4.78 is 34.4. The summed E-state index contributed by atoms with van der Waals surface area (Å²) in [4.78, 5) is 19.2. The van der Waals surface area contributed by atoms with Gasteiger partial charge in [0, 0.05) is 19.3 Å². The van der Waals surface area contributed by atoms with Crippen LogP contribution in [0.25, 0.3) is 17.2 Å². The van der Waals surface area contributed by atoms with Crippen LogP contribution in [0, 0.1) is 11.6 Å². The van der Waals surface area contributed by atoms with Crippen LogP contribution in [0.1, 0.15) is 23.5 Å². The number of H-pyrrole nitrogens is 1. The number of hydrogen-bond acceptors (Lipinski definition) is 6. The number of amides is 1. The van der Waals surface area contributed by atoms with Crippen LogP contribution in [0.15, 0.2) is 24.4 Å². The number of halogens is 2. The topological polar surface area (TPSA) is 124 Å². The van der Waals surface area contributed by atoms with E-state index in [0.29, 0.717) is 13.2 Å².